The standard InChI is InChI=1S/C72H46BN5O/c1-6-23-47(24-7-1)74(48-25-8-2-9-26-48)53-41-43-57-63(46-53)75(49-27-10-3-11-28-49)62-39-22-40-65-69(62)73(57)58-45-52(42-44-64(58)79-65)78-61-38-21-18-35-56(61)68-71-66(54-33-16-19-36-59(54)76(71)50-29-12-4-13-30-50)70-67(72(68)78)55-34-17-20-37-60(55)77(70)51-31-14-5-15-32-51/h1-46H. The van der Waals surface area contributed by atoms with E-state index in [-0.39, 0.29) is 6.71 Å². The molecule has 0 amide bonds. The molecule has 0 saturated heterocycles. The van der Waals surface area contributed by atoms with Crippen molar-refractivity contribution in [1.82, 2.24) is 13.7 Å². The van der Waals surface area contributed by atoms with Gasteiger partial charge < -0.3 is 28.2 Å². The average molecular weight is 1010 g/mol. The molecule has 7 heteroatoms. The van der Waals surface area contributed by atoms with Crippen molar-refractivity contribution in [2.75, 3.05) is 9.80 Å². The van der Waals surface area contributed by atoms with Gasteiger partial charge in [0.15, 0.2) is 0 Å². The van der Waals surface area contributed by atoms with E-state index in [0.717, 1.165) is 90.2 Å². The normalized spacial score (nSPS) is 12.6. The summed E-state index contributed by atoms with van der Waals surface area (Å²) in [7, 11) is 0. The van der Waals surface area contributed by atoms with Crippen LogP contribution < -0.4 is 30.9 Å². The van der Waals surface area contributed by atoms with E-state index in [1.165, 1.54) is 54.3 Å². The molecule has 0 unspecified atom stereocenters. The van der Waals surface area contributed by atoms with Crippen molar-refractivity contribution in [3.05, 3.63) is 279 Å². The van der Waals surface area contributed by atoms with Crippen LogP contribution in [0.2, 0.25) is 0 Å². The minimum atomic E-state index is -0.152. The van der Waals surface area contributed by atoms with Crippen molar-refractivity contribution in [3.8, 4) is 28.6 Å². The first-order valence-corrected chi connectivity index (χ1v) is 27.1. The van der Waals surface area contributed by atoms with Gasteiger partial charge >= 0.3 is 0 Å². The van der Waals surface area contributed by atoms with Crippen molar-refractivity contribution in [2.24, 2.45) is 0 Å². The van der Waals surface area contributed by atoms with Crippen LogP contribution in [0.25, 0.3) is 82.5 Å². The van der Waals surface area contributed by atoms with Crippen LogP contribution >= 0.6 is 0 Å². The largest absolute Gasteiger partial charge is 0.458 e. The van der Waals surface area contributed by atoms with Crippen molar-refractivity contribution in [1.29, 1.82) is 0 Å². The Hall–Kier alpha value is -10.5. The number of ether oxygens (including phenoxy) is 1. The van der Waals surface area contributed by atoms with Gasteiger partial charge in [-0.05, 0) is 138 Å². The first kappa shape index (κ1) is 43.7. The van der Waals surface area contributed by atoms with Gasteiger partial charge in [-0.25, -0.2) is 0 Å². The molecule has 2 aliphatic heterocycles. The molecule has 79 heavy (non-hydrogen) atoms. The summed E-state index contributed by atoms with van der Waals surface area (Å²) >= 11 is 0. The van der Waals surface area contributed by atoms with Crippen LogP contribution in [-0.4, -0.2) is 20.4 Å². The zero-order valence-corrected chi connectivity index (χ0v) is 42.8. The van der Waals surface area contributed by atoms with Crippen LogP contribution in [-0.2, 0) is 0 Å². The predicted octanol–water partition coefficient (Wildman–Crippen LogP) is 16.9. The highest BCUT2D eigenvalue weighted by Gasteiger charge is 2.42. The van der Waals surface area contributed by atoms with Crippen LogP contribution in [0.1, 0.15) is 0 Å². The summed E-state index contributed by atoms with van der Waals surface area (Å²) in [6.45, 7) is -0.152. The quantitative estimate of drug-likeness (QED) is 0.149. The number of anilines is 6. The van der Waals surface area contributed by atoms with E-state index < -0.39 is 0 Å². The molecule has 0 fully saturated rings. The van der Waals surface area contributed by atoms with Crippen LogP contribution in [0, 0.1) is 0 Å². The third kappa shape index (κ3) is 6.30. The van der Waals surface area contributed by atoms with E-state index in [9.17, 15) is 0 Å². The predicted molar refractivity (Wildman–Crippen MR) is 330 cm³/mol. The molecule has 0 bridgehead atoms. The van der Waals surface area contributed by atoms with E-state index in [2.05, 4.69) is 303 Å². The van der Waals surface area contributed by atoms with Gasteiger partial charge in [0.25, 0.3) is 6.71 Å². The average Bonchev–Trinajstić information content (AvgIpc) is 2.88. The molecular weight excluding hydrogens is 962 g/mol. The Labute approximate surface area is 456 Å². The van der Waals surface area contributed by atoms with Gasteiger partial charge in [0.05, 0.1) is 33.1 Å². The van der Waals surface area contributed by atoms with Gasteiger partial charge in [-0.15, -0.1) is 0 Å². The number of para-hydroxylation sites is 8. The molecule has 0 saturated carbocycles. The molecule has 0 radical (unpaired) electrons. The van der Waals surface area contributed by atoms with E-state index in [0.29, 0.717) is 0 Å². The van der Waals surface area contributed by atoms with E-state index in [4.69, 9.17) is 4.74 Å². The molecule has 0 N–H and O–H groups in total. The van der Waals surface area contributed by atoms with E-state index in [1.54, 1.807) is 0 Å². The number of nitrogens with zero attached hydrogens (tertiary/aromatic N) is 5. The lowest BCUT2D eigenvalue weighted by atomic mass is 9.34. The second kappa shape index (κ2) is 17.0. The fourth-order valence-corrected chi connectivity index (χ4v) is 13.5. The Morgan fingerprint density at radius 2 is 0.759 bits per heavy atom. The number of hydrogen-bond acceptors (Lipinski definition) is 3. The van der Waals surface area contributed by atoms with Crippen LogP contribution in [0.15, 0.2) is 279 Å². The van der Waals surface area contributed by atoms with Gasteiger partial charge in [-0.1, -0.05) is 158 Å². The highest BCUT2D eigenvalue weighted by Crippen LogP contribution is 2.51. The Balaban J connectivity index is 0.981. The van der Waals surface area contributed by atoms with Crippen LogP contribution in [0.5, 0.6) is 11.5 Å². The smallest absolute Gasteiger partial charge is 0.256 e. The summed E-state index contributed by atoms with van der Waals surface area (Å²) < 4.78 is 14.7. The molecule has 6 nitrogen and oxygen atoms in total. The Morgan fingerprint density at radius 3 is 1.28 bits per heavy atom. The van der Waals surface area contributed by atoms with Crippen molar-refractivity contribution < 1.29 is 4.74 Å². The molecule has 0 atom stereocenters. The summed E-state index contributed by atoms with van der Waals surface area (Å²) in [6.07, 6.45) is 0. The molecule has 5 heterocycles. The monoisotopic (exact) mass is 1010 g/mol. The van der Waals surface area contributed by atoms with Crippen molar-refractivity contribution in [2.45, 2.75) is 0 Å². The molecular formula is C72H46BN5O. The first-order valence-electron chi connectivity index (χ1n) is 27.1. The highest BCUT2D eigenvalue weighted by molar-refractivity contribution is 6.99. The number of benzene rings is 12. The van der Waals surface area contributed by atoms with Crippen LogP contribution in [0.3, 0.4) is 0 Å². The zero-order chi connectivity index (χ0) is 51.7. The van der Waals surface area contributed by atoms with E-state index in [1.807, 2.05) is 0 Å². The zero-order valence-electron chi connectivity index (χ0n) is 42.8. The molecule has 12 aromatic carbocycles. The summed E-state index contributed by atoms with van der Waals surface area (Å²) in [5.41, 5.74) is 20.3. The van der Waals surface area contributed by atoms with Gasteiger partial charge in [-0.2, -0.15) is 0 Å². The summed E-state index contributed by atoms with van der Waals surface area (Å²) in [6, 6.07) is 101. The first-order chi connectivity index (χ1) is 39.3. The number of fused-ring (bicyclic) bond motifs is 16. The Bertz CT molecular complexity index is 4820. The topological polar surface area (TPSA) is 30.5 Å². The molecule has 17 rings (SSSR count). The summed E-state index contributed by atoms with van der Waals surface area (Å²) in [5, 5.41) is 7.26. The molecule has 15 aromatic rings. The van der Waals surface area contributed by atoms with Gasteiger partial charge in [0, 0.05) is 83.5 Å². The SMILES string of the molecule is c1ccc(N(c2ccccc2)c2ccc3c(c2)N(c2ccccc2)c2cccc4c2B3c2cc(-n3c5ccccc5c5c6c(c7ccccc7n6-c6ccccc6)c6c(c7ccccc7n6-c6ccccc6)c53)ccc2O4)cc1. The highest BCUT2D eigenvalue weighted by atomic mass is 16.5. The lowest BCUT2D eigenvalue weighted by Crippen LogP contribution is -2.59. The fraction of sp³-hybridized carbons (Fsp3) is 0. The number of aromatic nitrogens is 3. The number of hydrogen-bond donors (Lipinski definition) is 0. The maximum atomic E-state index is 7.13. The van der Waals surface area contributed by atoms with Gasteiger partial charge in [0.1, 0.15) is 11.5 Å². The molecule has 0 aliphatic carbocycles. The minimum Gasteiger partial charge on any atom is -0.458 e. The van der Waals surface area contributed by atoms with Crippen molar-refractivity contribution >= 4 is 123 Å². The molecule has 2 aliphatic rings. The number of rotatable bonds is 7. The van der Waals surface area contributed by atoms with Gasteiger partial charge in [0.2, 0.25) is 0 Å². The second-order valence-corrected chi connectivity index (χ2v) is 20.8. The third-order valence-corrected chi connectivity index (χ3v) is 16.6. The van der Waals surface area contributed by atoms with Crippen LogP contribution in [0.4, 0.5) is 34.1 Å². The fourth-order valence-electron chi connectivity index (χ4n) is 13.5. The lowest BCUT2D eigenvalue weighted by Gasteiger charge is -2.40. The summed E-state index contributed by atoms with van der Waals surface area (Å²) in [4.78, 5) is 4.79. The third-order valence-electron chi connectivity index (χ3n) is 16.6. The van der Waals surface area contributed by atoms with Crippen molar-refractivity contribution in [3.63, 3.8) is 0 Å². The maximum Gasteiger partial charge on any atom is 0.256 e. The molecule has 3 aromatic heterocycles. The van der Waals surface area contributed by atoms with Gasteiger partial charge in [-0.3, -0.25) is 0 Å². The molecule has 368 valence electrons. The molecule has 0 spiro atoms. The lowest BCUT2D eigenvalue weighted by molar-refractivity contribution is 0.487. The Kier molecular flexibility index (Phi) is 9.41. The Morgan fingerprint density at radius 1 is 0.304 bits per heavy atom. The van der Waals surface area contributed by atoms with E-state index >= 15 is 0 Å². The summed E-state index contributed by atoms with van der Waals surface area (Å²) in [5.74, 6) is 1.73. The second-order valence-electron chi connectivity index (χ2n) is 20.8. The maximum absolute atomic E-state index is 7.13. The minimum absolute atomic E-state index is 0.152.